The summed E-state index contributed by atoms with van der Waals surface area (Å²) in [5.41, 5.74) is 3.84. The van der Waals surface area contributed by atoms with Crippen molar-refractivity contribution in [3.8, 4) is 5.75 Å². The van der Waals surface area contributed by atoms with Crippen molar-refractivity contribution < 1.29 is 9.53 Å². The van der Waals surface area contributed by atoms with Crippen LogP contribution in [-0.2, 0) is 13.6 Å². The second-order valence-corrected chi connectivity index (χ2v) is 6.38. The van der Waals surface area contributed by atoms with Crippen molar-refractivity contribution in [2.24, 2.45) is 12.0 Å². The quantitative estimate of drug-likeness (QED) is 0.217. The number of aromatic nitrogens is 2. The number of benzene rings is 1. The van der Waals surface area contributed by atoms with Crippen molar-refractivity contribution in [3.05, 3.63) is 46.8 Å². The number of methoxy groups -OCH3 is 1. The van der Waals surface area contributed by atoms with Crippen molar-refractivity contribution >= 4 is 35.8 Å². The van der Waals surface area contributed by atoms with Crippen LogP contribution in [0, 0.1) is 13.8 Å². The predicted molar refractivity (Wildman–Crippen MR) is 126 cm³/mol. The number of guanidine groups is 1. The van der Waals surface area contributed by atoms with Crippen molar-refractivity contribution in [2.45, 2.75) is 27.3 Å². The maximum Gasteiger partial charge on any atom is 0.251 e. The van der Waals surface area contributed by atoms with E-state index in [4.69, 9.17) is 4.74 Å². The van der Waals surface area contributed by atoms with Crippen LogP contribution in [0.25, 0.3) is 0 Å². The molecule has 0 aliphatic rings. The van der Waals surface area contributed by atoms with Gasteiger partial charge in [-0.1, -0.05) is 0 Å². The molecule has 0 fully saturated rings. The summed E-state index contributed by atoms with van der Waals surface area (Å²) in [4.78, 5) is 16.8. The lowest BCUT2D eigenvalue weighted by Gasteiger charge is -2.12. The summed E-state index contributed by atoms with van der Waals surface area (Å²) >= 11 is 0. The minimum atomic E-state index is -0.118. The van der Waals surface area contributed by atoms with E-state index < -0.39 is 0 Å². The Morgan fingerprint density at radius 1 is 1.14 bits per heavy atom. The van der Waals surface area contributed by atoms with Gasteiger partial charge >= 0.3 is 0 Å². The normalized spacial score (nSPS) is 10.9. The molecule has 0 bridgehead atoms. The Bertz CT molecular complexity index is 817. The van der Waals surface area contributed by atoms with Gasteiger partial charge in [0.15, 0.2) is 5.96 Å². The first-order valence-corrected chi connectivity index (χ1v) is 9.39. The van der Waals surface area contributed by atoms with Gasteiger partial charge in [0, 0.05) is 43.5 Å². The van der Waals surface area contributed by atoms with Crippen LogP contribution in [0.5, 0.6) is 5.75 Å². The molecule has 0 atom stereocenters. The Morgan fingerprint density at radius 3 is 2.34 bits per heavy atom. The number of hydrogen-bond donors (Lipinski definition) is 3. The van der Waals surface area contributed by atoms with Crippen LogP contribution in [-0.4, -0.2) is 48.4 Å². The molecule has 29 heavy (non-hydrogen) atoms. The lowest BCUT2D eigenvalue weighted by molar-refractivity contribution is 0.0954. The summed E-state index contributed by atoms with van der Waals surface area (Å²) in [6.45, 7) is 8.42. The molecule has 0 saturated heterocycles. The average Bonchev–Trinajstić information content (AvgIpc) is 2.94. The number of aliphatic imine (C=N–C) groups is 1. The standard InChI is InChI=1S/C20H30N6O2.HI/c1-6-21-20(24-13-18-14(2)25-26(4)15(18)3)23-12-11-22-19(27)16-7-9-17(28-5)10-8-16;/h7-10H,6,11-13H2,1-5H3,(H,22,27)(H2,21,23,24);1H. The van der Waals surface area contributed by atoms with Gasteiger partial charge in [-0.05, 0) is 45.0 Å². The first-order chi connectivity index (χ1) is 13.5. The number of aryl methyl sites for hydroxylation is 2. The fraction of sp³-hybridized carbons (Fsp3) is 0.450. The molecule has 0 saturated carbocycles. The summed E-state index contributed by atoms with van der Waals surface area (Å²) in [6, 6.07) is 7.02. The van der Waals surface area contributed by atoms with E-state index in [2.05, 4.69) is 26.0 Å². The Morgan fingerprint density at radius 2 is 1.79 bits per heavy atom. The number of rotatable bonds is 8. The van der Waals surface area contributed by atoms with E-state index in [9.17, 15) is 4.79 Å². The molecule has 2 rings (SSSR count). The number of hydrogen-bond acceptors (Lipinski definition) is 4. The van der Waals surface area contributed by atoms with Gasteiger partial charge < -0.3 is 20.7 Å². The Kier molecular flexibility index (Phi) is 10.5. The Balaban J connectivity index is 0.00000420. The number of halogens is 1. The Hall–Kier alpha value is -2.30. The summed E-state index contributed by atoms with van der Waals surface area (Å²) in [5.74, 6) is 1.32. The third kappa shape index (κ3) is 7.22. The molecule has 1 aromatic carbocycles. The highest BCUT2D eigenvalue weighted by Crippen LogP contribution is 2.13. The zero-order chi connectivity index (χ0) is 20.5. The third-order valence-corrected chi connectivity index (χ3v) is 4.45. The highest BCUT2D eigenvalue weighted by atomic mass is 127. The predicted octanol–water partition coefficient (Wildman–Crippen LogP) is 2.15. The molecule has 160 valence electrons. The molecule has 0 spiro atoms. The fourth-order valence-corrected chi connectivity index (χ4v) is 2.75. The summed E-state index contributed by atoms with van der Waals surface area (Å²) in [7, 11) is 3.53. The number of nitrogens with zero attached hydrogens (tertiary/aromatic N) is 3. The fourth-order valence-electron chi connectivity index (χ4n) is 2.75. The van der Waals surface area contributed by atoms with Gasteiger partial charge in [-0.15, -0.1) is 24.0 Å². The Labute approximate surface area is 189 Å². The van der Waals surface area contributed by atoms with Crippen LogP contribution in [0.1, 0.15) is 34.2 Å². The zero-order valence-electron chi connectivity index (χ0n) is 17.7. The summed E-state index contributed by atoms with van der Waals surface area (Å²) < 4.78 is 6.97. The minimum Gasteiger partial charge on any atom is -0.497 e. The van der Waals surface area contributed by atoms with Crippen LogP contribution >= 0.6 is 24.0 Å². The van der Waals surface area contributed by atoms with E-state index in [0.29, 0.717) is 31.2 Å². The number of carbonyl (C=O) groups excluding carboxylic acids is 1. The average molecular weight is 514 g/mol. The molecule has 0 radical (unpaired) electrons. The van der Waals surface area contributed by atoms with Crippen LogP contribution in [0.4, 0.5) is 0 Å². The van der Waals surface area contributed by atoms with Crippen LogP contribution < -0.4 is 20.7 Å². The maximum atomic E-state index is 12.2. The van der Waals surface area contributed by atoms with Gasteiger partial charge in [0.1, 0.15) is 5.75 Å². The molecule has 3 N–H and O–H groups in total. The minimum absolute atomic E-state index is 0. The molecule has 9 heteroatoms. The molecule has 2 aromatic rings. The van der Waals surface area contributed by atoms with Gasteiger partial charge in [0.05, 0.1) is 19.3 Å². The molecule has 0 aliphatic heterocycles. The molecule has 1 heterocycles. The summed E-state index contributed by atoms with van der Waals surface area (Å²) in [5, 5.41) is 13.8. The second-order valence-electron chi connectivity index (χ2n) is 6.38. The molecular formula is C20H31IN6O2. The van der Waals surface area contributed by atoms with E-state index in [1.807, 2.05) is 32.5 Å². The zero-order valence-corrected chi connectivity index (χ0v) is 20.0. The van der Waals surface area contributed by atoms with E-state index in [-0.39, 0.29) is 29.9 Å². The molecule has 0 unspecified atom stereocenters. The number of nitrogens with one attached hydrogen (secondary N) is 3. The van der Waals surface area contributed by atoms with Crippen LogP contribution in [0.3, 0.4) is 0 Å². The lowest BCUT2D eigenvalue weighted by Crippen LogP contribution is -2.41. The van der Waals surface area contributed by atoms with Crippen molar-refractivity contribution in [1.82, 2.24) is 25.7 Å². The van der Waals surface area contributed by atoms with Gasteiger partial charge in [-0.3, -0.25) is 9.48 Å². The van der Waals surface area contributed by atoms with E-state index in [1.165, 1.54) is 0 Å². The van der Waals surface area contributed by atoms with Crippen molar-refractivity contribution in [3.63, 3.8) is 0 Å². The van der Waals surface area contributed by atoms with Gasteiger partial charge in [0.25, 0.3) is 5.91 Å². The maximum absolute atomic E-state index is 12.2. The topological polar surface area (TPSA) is 92.6 Å². The second kappa shape index (κ2) is 12.3. The third-order valence-electron chi connectivity index (χ3n) is 4.45. The van der Waals surface area contributed by atoms with Crippen LogP contribution in [0.2, 0.25) is 0 Å². The molecule has 1 aromatic heterocycles. The smallest absolute Gasteiger partial charge is 0.251 e. The van der Waals surface area contributed by atoms with Gasteiger partial charge in [0.2, 0.25) is 0 Å². The highest BCUT2D eigenvalue weighted by Gasteiger charge is 2.09. The van der Waals surface area contributed by atoms with E-state index >= 15 is 0 Å². The first kappa shape index (κ1) is 24.7. The highest BCUT2D eigenvalue weighted by molar-refractivity contribution is 14.0. The lowest BCUT2D eigenvalue weighted by atomic mass is 10.2. The molecule has 0 aliphatic carbocycles. The van der Waals surface area contributed by atoms with Gasteiger partial charge in [-0.25, -0.2) is 4.99 Å². The first-order valence-electron chi connectivity index (χ1n) is 9.39. The molecule has 1 amide bonds. The number of carbonyl (C=O) groups is 1. The van der Waals surface area contributed by atoms with Crippen molar-refractivity contribution in [1.29, 1.82) is 0 Å². The monoisotopic (exact) mass is 514 g/mol. The molecular weight excluding hydrogens is 483 g/mol. The number of amides is 1. The largest absolute Gasteiger partial charge is 0.497 e. The van der Waals surface area contributed by atoms with Gasteiger partial charge in [-0.2, -0.15) is 5.10 Å². The molecule has 8 nitrogen and oxygen atoms in total. The summed E-state index contributed by atoms with van der Waals surface area (Å²) in [6.07, 6.45) is 0. The van der Waals surface area contributed by atoms with E-state index in [1.54, 1.807) is 31.4 Å². The van der Waals surface area contributed by atoms with E-state index in [0.717, 1.165) is 29.2 Å². The van der Waals surface area contributed by atoms with Crippen LogP contribution in [0.15, 0.2) is 29.3 Å². The number of ether oxygens (including phenoxy) is 1. The van der Waals surface area contributed by atoms with Crippen molar-refractivity contribution in [2.75, 3.05) is 26.7 Å². The SMILES string of the molecule is CCNC(=NCc1c(C)nn(C)c1C)NCCNC(=O)c1ccc(OC)cc1.I.